The van der Waals surface area contributed by atoms with Crippen LogP contribution < -0.4 is 10.5 Å². The number of hydrogen-bond acceptors (Lipinski definition) is 2. The largest absolute Gasteiger partial charge is 0.456 e. The van der Waals surface area contributed by atoms with E-state index in [-0.39, 0.29) is 6.04 Å². The molecule has 1 atom stereocenters. The Morgan fingerprint density at radius 3 is 2.52 bits per heavy atom. The van der Waals surface area contributed by atoms with Gasteiger partial charge in [0, 0.05) is 10.5 Å². The van der Waals surface area contributed by atoms with Crippen LogP contribution in [-0.2, 0) is 6.42 Å². The predicted octanol–water partition coefficient (Wildman–Crippen LogP) is 5.59. The maximum atomic E-state index is 6.04. The van der Waals surface area contributed by atoms with Crippen molar-refractivity contribution in [2.24, 2.45) is 5.73 Å². The third-order valence-electron chi connectivity index (χ3n) is 3.39. The summed E-state index contributed by atoms with van der Waals surface area (Å²) in [6.07, 6.45) is 1.84. The molecule has 0 saturated heterocycles. The minimum atomic E-state index is 0.194. The molecule has 2 rings (SSSR count). The van der Waals surface area contributed by atoms with Crippen molar-refractivity contribution in [1.29, 1.82) is 0 Å². The van der Waals surface area contributed by atoms with Crippen molar-refractivity contribution in [2.45, 2.75) is 32.7 Å². The molecule has 0 aliphatic rings. The second-order valence-electron chi connectivity index (χ2n) is 5.15. The fourth-order valence-electron chi connectivity index (χ4n) is 2.00. The van der Waals surface area contributed by atoms with Crippen molar-refractivity contribution < 1.29 is 4.74 Å². The molecule has 0 spiro atoms. The highest BCUT2D eigenvalue weighted by atomic mass is 79.9. The van der Waals surface area contributed by atoms with Gasteiger partial charge >= 0.3 is 0 Å². The monoisotopic (exact) mass is 411 g/mol. The van der Waals surface area contributed by atoms with Crippen LogP contribution in [0.5, 0.6) is 11.5 Å². The smallest absolute Gasteiger partial charge is 0.141 e. The number of ether oxygens (including phenoxy) is 1. The van der Waals surface area contributed by atoms with Crippen molar-refractivity contribution >= 4 is 31.9 Å². The summed E-state index contributed by atoms with van der Waals surface area (Å²) in [6.45, 7) is 4.15. The van der Waals surface area contributed by atoms with E-state index in [0.717, 1.165) is 38.8 Å². The lowest BCUT2D eigenvalue weighted by Gasteiger charge is -2.14. The average Bonchev–Trinajstić information content (AvgIpc) is 2.45. The molecule has 0 aromatic heterocycles. The SMILES string of the molecule is CCC(N)Cc1ccc(C)c(Oc2ccc(Br)cc2Br)c1. The molecule has 2 nitrogen and oxygen atoms in total. The number of rotatable bonds is 5. The third-order valence-corrected chi connectivity index (χ3v) is 4.50. The van der Waals surface area contributed by atoms with Crippen LogP contribution in [0.2, 0.25) is 0 Å². The first-order valence-corrected chi connectivity index (χ1v) is 8.56. The number of nitrogens with two attached hydrogens (primary N) is 1. The molecule has 0 saturated carbocycles. The van der Waals surface area contributed by atoms with E-state index in [1.54, 1.807) is 0 Å². The first-order valence-electron chi connectivity index (χ1n) is 6.97. The van der Waals surface area contributed by atoms with Crippen LogP contribution in [-0.4, -0.2) is 6.04 Å². The molecule has 0 bridgehead atoms. The second kappa shape index (κ2) is 7.43. The summed E-state index contributed by atoms with van der Waals surface area (Å²) >= 11 is 6.97. The van der Waals surface area contributed by atoms with Crippen LogP contribution in [0.3, 0.4) is 0 Å². The summed E-state index contributed by atoms with van der Waals surface area (Å²) in [7, 11) is 0. The lowest BCUT2D eigenvalue weighted by atomic mass is 10.0. The van der Waals surface area contributed by atoms with Gasteiger partial charge in [-0.3, -0.25) is 0 Å². The first-order chi connectivity index (χ1) is 9.99. The second-order valence-corrected chi connectivity index (χ2v) is 6.92. The molecule has 2 aromatic carbocycles. The molecule has 2 N–H and O–H groups in total. The van der Waals surface area contributed by atoms with Gasteiger partial charge in [-0.1, -0.05) is 35.0 Å². The predicted molar refractivity (Wildman–Crippen MR) is 95.1 cm³/mol. The van der Waals surface area contributed by atoms with E-state index in [0.29, 0.717) is 0 Å². The van der Waals surface area contributed by atoms with Crippen LogP contribution in [0.25, 0.3) is 0 Å². The summed E-state index contributed by atoms with van der Waals surface area (Å²) < 4.78 is 7.98. The zero-order valence-electron chi connectivity index (χ0n) is 12.2. The highest BCUT2D eigenvalue weighted by Crippen LogP contribution is 2.33. The van der Waals surface area contributed by atoms with Gasteiger partial charge in [-0.05, 0) is 71.1 Å². The molecule has 0 fully saturated rings. The van der Waals surface area contributed by atoms with Crippen molar-refractivity contribution in [1.82, 2.24) is 0 Å². The van der Waals surface area contributed by atoms with Gasteiger partial charge in [0.2, 0.25) is 0 Å². The standard InChI is InChI=1S/C17H19Br2NO/c1-3-14(20)8-12-5-4-11(2)17(9-12)21-16-7-6-13(18)10-15(16)19/h4-7,9-10,14H,3,8,20H2,1-2H3. The lowest BCUT2D eigenvalue weighted by molar-refractivity contribution is 0.474. The van der Waals surface area contributed by atoms with Gasteiger partial charge in [-0.2, -0.15) is 0 Å². The van der Waals surface area contributed by atoms with Gasteiger partial charge in [0.1, 0.15) is 11.5 Å². The first kappa shape index (κ1) is 16.5. The van der Waals surface area contributed by atoms with E-state index in [4.69, 9.17) is 10.5 Å². The fraction of sp³-hybridized carbons (Fsp3) is 0.294. The van der Waals surface area contributed by atoms with Gasteiger partial charge in [-0.25, -0.2) is 0 Å². The van der Waals surface area contributed by atoms with E-state index in [9.17, 15) is 0 Å². The van der Waals surface area contributed by atoms with Crippen LogP contribution in [0.15, 0.2) is 45.3 Å². The van der Waals surface area contributed by atoms with Crippen molar-refractivity contribution in [3.63, 3.8) is 0 Å². The maximum absolute atomic E-state index is 6.04. The van der Waals surface area contributed by atoms with E-state index < -0.39 is 0 Å². The van der Waals surface area contributed by atoms with Crippen molar-refractivity contribution in [3.05, 3.63) is 56.5 Å². The Hall–Kier alpha value is -0.840. The Morgan fingerprint density at radius 1 is 1.10 bits per heavy atom. The Balaban J connectivity index is 2.24. The number of halogens is 2. The van der Waals surface area contributed by atoms with Crippen LogP contribution in [0.1, 0.15) is 24.5 Å². The molecule has 0 aliphatic heterocycles. The molecule has 112 valence electrons. The van der Waals surface area contributed by atoms with Crippen molar-refractivity contribution in [2.75, 3.05) is 0 Å². The zero-order valence-corrected chi connectivity index (χ0v) is 15.4. The van der Waals surface area contributed by atoms with Crippen LogP contribution in [0, 0.1) is 6.92 Å². The Kier molecular flexibility index (Phi) is 5.85. The summed E-state index contributed by atoms with van der Waals surface area (Å²) in [5.41, 5.74) is 8.35. The maximum Gasteiger partial charge on any atom is 0.141 e. The third kappa shape index (κ3) is 4.56. The van der Waals surface area contributed by atoms with E-state index in [2.05, 4.69) is 57.0 Å². The normalized spacial score (nSPS) is 12.2. The highest BCUT2D eigenvalue weighted by Gasteiger charge is 2.08. The van der Waals surface area contributed by atoms with Gasteiger partial charge in [-0.15, -0.1) is 0 Å². The van der Waals surface area contributed by atoms with E-state index in [1.165, 1.54) is 5.56 Å². The zero-order chi connectivity index (χ0) is 15.4. The lowest BCUT2D eigenvalue weighted by Crippen LogP contribution is -2.21. The molecule has 0 heterocycles. The van der Waals surface area contributed by atoms with Gasteiger partial charge < -0.3 is 10.5 Å². The average molecular weight is 413 g/mol. The molecule has 2 aromatic rings. The number of hydrogen-bond donors (Lipinski definition) is 1. The number of aryl methyl sites for hydroxylation is 1. The molecule has 0 radical (unpaired) electrons. The quantitative estimate of drug-likeness (QED) is 0.694. The van der Waals surface area contributed by atoms with Gasteiger partial charge in [0.15, 0.2) is 0 Å². The van der Waals surface area contributed by atoms with Crippen molar-refractivity contribution in [3.8, 4) is 11.5 Å². The molecule has 1 unspecified atom stereocenters. The summed E-state index contributed by atoms with van der Waals surface area (Å²) in [5.74, 6) is 1.68. The Labute approximate surface area is 143 Å². The summed E-state index contributed by atoms with van der Waals surface area (Å²) in [4.78, 5) is 0. The molecule has 21 heavy (non-hydrogen) atoms. The summed E-state index contributed by atoms with van der Waals surface area (Å²) in [5, 5.41) is 0. The summed E-state index contributed by atoms with van der Waals surface area (Å²) in [6, 6.07) is 12.4. The molecular formula is C17H19Br2NO. The topological polar surface area (TPSA) is 35.2 Å². The minimum Gasteiger partial charge on any atom is -0.456 e. The van der Waals surface area contributed by atoms with Crippen LogP contribution in [0.4, 0.5) is 0 Å². The molecule has 4 heteroatoms. The minimum absolute atomic E-state index is 0.194. The molecule has 0 amide bonds. The van der Waals surface area contributed by atoms with Gasteiger partial charge in [0.25, 0.3) is 0 Å². The highest BCUT2D eigenvalue weighted by molar-refractivity contribution is 9.11. The van der Waals surface area contributed by atoms with E-state index in [1.807, 2.05) is 25.1 Å². The fourth-order valence-corrected chi connectivity index (χ4v) is 3.13. The Morgan fingerprint density at radius 2 is 1.86 bits per heavy atom. The van der Waals surface area contributed by atoms with Crippen LogP contribution >= 0.6 is 31.9 Å². The van der Waals surface area contributed by atoms with E-state index >= 15 is 0 Å². The Bertz CT molecular complexity index is 628. The van der Waals surface area contributed by atoms with Gasteiger partial charge in [0.05, 0.1) is 4.47 Å². The molecule has 0 aliphatic carbocycles. The molecular weight excluding hydrogens is 394 g/mol. The number of benzene rings is 2.